The molecule has 6 heteroatoms. The predicted molar refractivity (Wildman–Crippen MR) is 42.4 cm³/mol. The normalized spacial score (nSPS) is 8.92. The van der Waals surface area contributed by atoms with E-state index < -0.39 is 4.92 Å². The van der Waals surface area contributed by atoms with Crippen molar-refractivity contribution < 1.29 is 4.92 Å². The van der Waals surface area contributed by atoms with Gasteiger partial charge in [-0.3, -0.25) is 0 Å². The van der Waals surface area contributed by atoms with Gasteiger partial charge in [0, 0.05) is 6.07 Å². The Balaban J connectivity index is 2.87. The van der Waals surface area contributed by atoms with Crippen LogP contribution in [0.3, 0.4) is 0 Å². The summed E-state index contributed by atoms with van der Waals surface area (Å²) in [5.41, 5.74) is 0. The Bertz CT molecular complexity index is 330. The molecule has 1 rings (SSSR count). The van der Waals surface area contributed by atoms with Crippen molar-refractivity contribution in [1.82, 2.24) is 4.98 Å². The first kappa shape index (κ1) is 8.49. The first-order chi connectivity index (χ1) is 5.74. The van der Waals surface area contributed by atoms with Gasteiger partial charge < -0.3 is 10.1 Å². The zero-order valence-corrected chi connectivity index (χ0v) is 6.61. The lowest BCUT2D eigenvalue weighted by Crippen LogP contribution is -1.90. The summed E-state index contributed by atoms with van der Waals surface area (Å²) in [6, 6.07) is 2.75. The van der Waals surface area contributed by atoms with Crippen molar-refractivity contribution in [3.05, 3.63) is 28.4 Å². The van der Waals surface area contributed by atoms with Gasteiger partial charge in [-0.15, -0.1) is 0 Å². The molecule has 0 amide bonds. The van der Waals surface area contributed by atoms with Crippen LogP contribution in [0.25, 0.3) is 0 Å². The van der Waals surface area contributed by atoms with Gasteiger partial charge in [0.1, 0.15) is 5.40 Å². The van der Waals surface area contributed by atoms with Gasteiger partial charge in [0.2, 0.25) is 0 Å². The topological polar surface area (TPSA) is 79.8 Å². The van der Waals surface area contributed by atoms with Crippen molar-refractivity contribution in [1.29, 1.82) is 5.26 Å². The number of hydrogen-bond acceptors (Lipinski definition) is 5. The molecule has 0 aromatic carbocycles. The quantitative estimate of drug-likeness (QED) is 0.299. The highest BCUT2D eigenvalue weighted by Crippen LogP contribution is 2.16. The van der Waals surface area contributed by atoms with E-state index in [0.717, 1.165) is 11.8 Å². The first-order valence-corrected chi connectivity index (χ1v) is 3.72. The summed E-state index contributed by atoms with van der Waals surface area (Å²) in [7, 11) is 0. The number of nitrogens with zero attached hydrogens (tertiary/aromatic N) is 3. The molecule has 60 valence electrons. The van der Waals surface area contributed by atoms with Crippen LogP contribution in [0.1, 0.15) is 0 Å². The highest BCUT2D eigenvalue weighted by Gasteiger charge is 2.05. The summed E-state index contributed by atoms with van der Waals surface area (Å²) in [6.07, 6.45) is 1.30. The fraction of sp³-hybridized carbons (Fsp3) is 0. The lowest BCUT2D eigenvalue weighted by atomic mass is 10.5. The Labute approximate surface area is 72.2 Å². The van der Waals surface area contributed by atoms with Crippen molar-refractivity contribution >= 4 is 17.6 Å². The third-order valence-electron chi connectivity index (χ3n) is 1.07. The standard InChI is InChI=1S/C6H3N3O2S/c7-4-12-5-1-2-6(8-3-5)9(10)11/h1-3H. The lowest BCUT2D eigenvalue weighted by molar-refractivity contribution is -0.389. The lowest BCUT2D eigenvalue weighted by Gasteiger charge is -1.90. The summed E-state index contributed by atoms with van der Waals surface area (Å²) < 4.78 is 0. The number of thioether (sulfide) groups is 1. The van der Waals surface area contributed by atoms with E-state index in [1.165, 1.54) is 18.3 Å². The van der Waals surface area contributed by atoms with Crippen LogP contribution in [0.5, 0.6) is 0 Å². The van der Waals surface area contributed by atoms with Crippen LogP contribution < -0.4 is 0 Å². The summed E-state index contributed by atoms with van der Waals surface area (Å²) in [6.45, 7) is 0. The number of aromatic nitrogens is 1. The molecular formula is C6H3N3O2S. The first-order valence-electron chi connectivity index (χ1n) is 2.90. The second kappa shape index (κ2) is 3.69. The molecule has 1 aromatic heterocycles. The van der Waals surface area contributed by atoms with Gasteiger partial charge >= 0.3 is 5.82 Å². The zero-order valence-electron chi connectivity index (χ0n) is 5.80. The Morgan fingerprint density at radius 3 is 2.83 bits per heavy atom. The third kappa shape index (κ3) is 1.93. The molecule has 0 saturated carbocycles. The number of nitro groups is 1. The van der Waals surface area contributed by atoms with Crippen LogP contribution in [-0.4, -0.2) is 9.91 Å². The molecule has 0 N–H and O–H groups in total. The highest BCUT2D eigenvalue weighted by atomic mass is 32.2. The van der Waals surface area contributed by atoms with Crippen LogP contribution in [-0.2, 0) is 0 Å². The number of hydrogen-bond donors (Lipinski definition) is 0. The van der Waals surface area contributed by atoms with Crippen molar-refractivity contribution in [3.63, 3.8) is 0 Å². The van der Waals surface area contributed by atoms with E-state index in [4.69, 9.17) is 5.26 Å². The van der Waals surface area contributed by atoms with Gasteiger partial charge in [-0.05, 0) is 27.7 Å². The minimum absolute atomic E-state index is 0.211. The summed E-state index contributed by atoms with van der Waals surface area (Å²) >= 11 is 0.916. The maximum absolute atomic E-state index is 10.1. The van der Waals surface area contributed by atoms with Crippen LogP contribution >= 0.6 is 11.8 Å². The predicted octanol–water partition coefficient (Wildman–Crippen LogP) is 1.56. The molecule has 5 nitrogen and oxygen atoms in total. The van der Waals surface area contributed by atoms with Gasteiger partial charge in [-0.25, -0.2) is 0 Å². The Kier molecular flexibility index (Phi) is 2.61. The Morgan fingerprint density at radius 1 is 1.67 bits per heavy atom. The Morgan fingerprint density at radius 2 is 2.42 bits per heavy atom. The molecule has 0 aliphatic rings. The summed E-state index contributed by atoms with van der Waals surface area (Å²) in [5, 5.41) is 20.2. The van der Waals surface area contributed by atoms with Crippen molar-refractivity contribution in [2.75, 3.05) is 0 Å². The molecule has 0 saturated heterocycles. The van der Waals surface area contributed by atoms with E-state index >= 15 is 0 Å². The SMILES string of the molecule is N#CSc1ccc([N+](=O)[O-])nc1. The molecule has 12 heavy (non-hydrogen) atoms. The third-order valence-corrected chi connectivity index (χ3v) is 1.64. The minimum atomic E-state index is -0.583. The largest absolute Gasteiger partial charge is 0.363 e. The van der Waals surface area contributed by atoms with Crippen LogP contribution in [0.15, 0.2) is 23.2 Å². The molecule has 0 radical (unpaired) electrons. The summed E-state index contributed by atoms with van der Waals surface area (Å²) in [5.74, 6) is -0.211. The number of thiocyanates is 1. The van der Waals surface area contributed by atoms with Gasteiger partial charge in [0.15, 0.2) is 6.20 Å². The second-order valence-electron chi connectivity index (χ2n) is 1.80. The fourth-order valence-corrected chi connectivity index (χ4v) is 0.940. The van der Waals surface area contributed by atoms with Gasteiger partial charge in [0.05, 0.1) is 4.90 Å². The van der Waals surface area contributed by atoms with E-state index in [9.17, 15) is 10.1 Å². The van der Waals surface area contributed by atoms with E-state index in [2.05, 4.69) is 4.98 Å². The van der Waals surface area contributed by atoms with Crippen LogP contribution in [0.4, 0.5) is 5.82 Å². The van der Waals surface area contributed by atoms with Crippen LogP contribution in [0, 0.1) is 20.8 Å². The monoisotopic (exact) mass is 181 g/mol. The van der Waals surface area contributed by atoms with E-state index in [1.54, 1.807) is 0 Å². The molecular weight excluding hydrogens is 178 g/mol. The van der Waals surface area contributed by atoms with Crippen molar-refractivity contribution in [2.45, 2.75) is 4.90 Å². The van der Waals surface area contributed by atoms with Crippen molar-refractivity contribution in [3.8, 4) is 5.40 Å². The molecule has 0 aliphatic carbocycles. The molecule has 0 spiro atoms. The van der Waals surface area contributed by atoms with E-state index in [0.29, 0.717) is 4.90 Å². The van der Waals surface area contributed by atoms with Crippen LogP contribution in [0.2, 0.25) is 0 Å². The van der Waals surface area contributed by atoms with Crippen molar-refractivity contribution in [2.24, 2.45) is 0 Å². The maximum atomic E-state index is 10.1. The maximum Gasteiger partial charge on any atom is 0.363 e. The minimum Gasteiger partial charge on any atom is -0.358 e. The molecule has 0 fully saturated rings. The fourth-order valence-electron chi connectivity index (χ4n) is 0.594. The molecule has 1 heterocycles. The van der Waals surface area contributed by atoms with E-state index in [-0.39, 0.29) is 5.82 Å². The van der Waals surface area contributed by atoms with E-state index in [1.807, 2.05) is 5.40 Å². The van der Waals surface area contributed by atoms with Gasteiger partial charge in [0.25, 0.3) is 0 Å². The average Bonchev–Trinajstić information content (AvgIpc) is 2.06. The molecule has 1 aromatic rings. The Hall–Kier alpha value is -1.61. The average molecular weight is 181 g/mol. The van der Waals surface area contributed by atoms with Gasteiger partial charge in [-0.2, -0.15) is 5.26 Å². The number of rotatable bonds is 2. The second-order valence-corrected chi connectivity index (χ2v) is 2.66. The zero-order chi connectivity index (χ0) is 8.97. The molecule has 0 unspecified atom stereocenters. The highest BCUT2D eigenvalue weighted by molar-refractivity contribution is 8.03. The smallest absolute Gasteiger partial charge is 0.358 e. The number of pyridine rings is 1. The molecule has 0 aliphatic heterocycles. The molecule has 0 atom stereocenters. The summed E-state index contributed by atoms with van der Waals surface area (Å²) in [4.78, 5) is 13.7. The molecule has 0 bridgehead atoms. The number of nitriles is 1. The van der Waals surface area contributed by atoms with Gasteiger partial charge in [-0.1, -0.05) is 0 Å².